The lowest BCUT2D eigenvalue weighted by atomic mass is 10.2. The topological polar surface area (TPSA) is 92.4 Å². The maximum Gasteiger partial charge on any atom is 0.319 e. The minimum Gasteiger partial charge on any atom is -0.494 e. The molecule has 3 N–H and O–H groups in total. The van der Waals surface area contributed by atoms with Crippen LogP contribution in [0.3, 0.4) is 0 Å². The van der Waals surface area contributed by atoms with Gasteiger partial charge in [-0.25, -0.2) is 9.78 Å². The Morgan fingerprint density at radius 2 is 1.68 bits per heavy atom. The summed E-state index contributed by atoms with van der Waals surface area (Å²) < 4.78 is 6.22. The van der Waals surface area contributed by atoms with E-state index in [1.54, 1.807) is 36.4 Å². The number of nitrogens with zero attached hydrogens (tertiary/aromatic N) is 1. The normalized spacial score (nSPS) is 10.5. The summed E-state index contributed by atoms with van der Waals surface area (Å²) in [6.45, 7) is 0.419. The largest absolute Gasteiger partial charge is 0.494 e. The number of carbonyl (C=O) groups is 2. The maximum atomic E-state index is 12.4. The number of methoxy groups -OCH3 is 1. The smallest absolute Gasteiger partial charge is 0.319 e. The Bertz CT molecular complexity index is 1210. The van der Waals surface area contributed by atoms with E-state index in [4.69, 9.17) is 4.74 Å². The molecule has 0 saturated carbocycles. The molecule has 4 rings (SSSR count). The van der Waals surface area contributed by atoms with Crippen LogP contribution in [0.4, 0.5) is 15.6 Å². The fraction of sp³-hybridized carbons (Fsp3) is 0.0870. The second-order valence-corrected chi connectivity index (χ2v) is 7.69. The highest BCUT2D eigenvalue weighted by atomic mass is 32.1. The van der Waals surface area contributed by atoms with Gasteiger partial charge < -0.3 is 15.4 Å². The molecule has 0 aliphatic rings. The second kappa shape index (κ2) is 9.27. The Morgan fingerprint density at radius 3 is 2.39 bits per heavy atom. The number of urea groups is 1. The summed E-state index contributed by atoms with van der Waals surface area (Å²) in [7, 11) is 1.54. The van der Waals surface area contributed by atoms with E-state index in [1.165, 1.54) is 18.4 Å². The molecule has 0 spiro atoms. The molecule has 4 aromatic rings. The first kappa shape index (κ1) is 20.4. The molecule has 3 aromatic carbocycles. The second-order valence-electron chi connectivity index (χ2n) is 6.66. The molecule has 0 aliphatic heterocycles. The summed E-state index contributed by atoms with van der Waals surface area (Å²) in [5.74, 6) is 0.268. The lowest BCUT2D eigenvalue weighted by molar-refractivity contribution is 0.102. The van der Waals surface area contributed by atoms with E-state index >= 15 is 0 Å². The number of hydrogen-bond acceptors (Lipinski definition) is 5. The summed E-state index contributed by atoms with van der Waals surface area (Å²) in [6.07, 6.45) is 0. The molecule has 1 aromatic heterocycles. The van der Waals surface area contributed by atoms with Gasteiger partial charge in [0, 0.05) is 23.9 Å². The zero-order chi connectivity index (χ0) is 21.6. The van der Waals surface area contributed by atoms with Gasteiger partial charge in [0.1, 0.15) is 11.3 Å². The van der Waals surface area contributed by atoms with Crippen LogP contribution >= 0.6 is 11.3 Å². The van der Waals surface area contributed by atoms with E-state index in [-0.39, 0.29) is 11.9 Å². The number of nitrogens with one attached hydrogen (secondary N) is 3. The van der Waals surface area contributed by atoms with Crippen LogP contribution in [0, 0.1) is 0 Å². The van der Waals surface area contributed by atoms with Crippen LogP contribution in [0.5, 0.6) is 5.75 Å². The van der Waals surface area contributed by atoms with Gasteiger partial charge in [-0.05, 0) is 23.8 Å². The highest BCUT2D eigenvalue weighted by Gasteiger charge is 2.14. The van der Waals surface area contributed by atoms with Crippen molar-refractivity contribution in [1.29, 1.82) is 0 Å². The van der Waals surface area contributed by atoms with Crippen molar-refractivity contribution in [2.24, 2.45) is 0 Å². The predicted octanol–water partition coefficient (Wildman–Crippen LogP) is 4.88. The molecule has 0 aliphatic carbocycles. The zero-order valence-corrected chi connectivity index (χ0v) is 17.5. The number of ether oxygens (including phenoxy) is 1. The number of amides is 3. The van der Waals surface area contributed by atoms with Gasteiger partial charge in [-0.3, -0.25) is 10.1 Å². The van der Waals surface area contributed by atoms with Crippen molar-refractivity contribution in [1.82, 2.24) is 10.3 Å². The van der Waals surface area contributed by atoms with Crippen molar-refractivity contribution in [2.75, 3.05) is 17.7 Å². The average molecular weight is 433 g/mol. The predicted molar refractivity (Wildman–Crippen MR) is 123 cm³/mol. The highest BCUT2D eigenvalue weighted by molar-refractivity contribution is 7.22. The van der Waals surface area contributed by atoms with Crippen LogP contribution in [-0.2, 0) is 6.54 Å². The number of carbonyl (C=O) groups excluding carboxylic acids is 2. The number of aromatic nitrogens is 1. The third kappa shape index (κ3) is 4.99. The molecule has 31 heavy (non-hydrogen) atoms. The summed E-state index contributed by atoms with van der Waals surface area (Å²) in [4.78, 5) is 29.2. The minimum absolute atomic E-state index is 0.239. The van der Waals surface area contributed by atoms with Crippen molar-refractivity contribution in [2.45, 2.75) is 6.54 Å². The Labute approximate surface area is 183 Å². The third-order valence-corrected chi connectivity index (χ3v) is 5.41. The van der Waals surface area contributed by atoms with Crippen molar-refractivity contribution >= 4 is 44.3 Å². The Morgan fingerprint density at radius 1 is 0.968 bits per heavy atom. The van der Waals surface area contributed by atoms with Crippen LogP contribution < -0.4 is 20.7 Å². The summed E-state index contributed by atoms with van der Waals surface area (Å²) >= 11 is 1.31. The van der Waals surface area contributed by atoms with E-state index in [0.29, 0.717) is 34.2 Å². The molecule has 0 radical (unpaired) electrons. The first-order valence-corrected chi connectivity index (χ1v) is 10.4. The van der Waals surface area contributed by atoms with Crippen LogP contribution in [-0.4, -0.2) is 24.0 Å². The Balaban J connectivity index is 1.49. The first-order valence-electron chi connectivity index (χ1n) is 9.56. The molecular weight excluding hydrogens is 412 g/mol. The van der Waals surface area contributed by atoms with Crippen LogP contribution in [0.15, 0.2) is 72.8 Å². The fourth-order valence-corrected chi connectivity index (χ4v) is 3.91. The Hall–Kier alpha value is -3.91. The van der Waals surface area contributed by atoms with Crippen LogP contribution in [0.2, 0.25) is 0 Å². The van der Waals surface area contributed by atoms with Gasteiger partial charge in [-0.2, -0.15) is 0 Å². The van der Waals surface area contributed by atoms with Crippen LogP contribution in [0.1, 0.15) is 15.9 Å². The Kier molecular flexibility index (Phi) is 6.09. The van der Waals surface area contributed by atoms with Gasteiger partial charge in [-0.15, -0.1) is 0 Å². The monoisotopic (exact) mass is 432 g/mol. The summed E-state index contributed by atoms with van der Waals surface area (Å²) in [6, 6.07) is 21.8. The van der Waals surface area contributed by atoms with Crippen LogP contribution in [0.25, 0.3) is 10.2 Å². The molecule has 7 nitrogen and oxygen atoms in total. The number of rotatable bonds is 6. The van der Waals surface area contributed by atoms with Crippen molar-refractivity contribution in [3.05, 3.63) is 83.9 Å². The molecule has 0 atom stereocenters. The van der Waals surface area contributed by atoms with Gasteiger partial charge in [0.15, 0.2) is 5.13 Å². The van der Waals surface area contributed by atoms with E-state index in [0.717, 1.165) is 10.3 Å². The zero-order valence-electron chi connectivity index (χ0n) is 16.7. The van der Waals surface area contributed by atoms with Gasteiger partial charge in [0.25, 0.3) is 5.91 Å². The SMILES string of the molecule is COc1cc(NC(=O)NCc2ccccc2)cc2sc(NC(=O)c3ccccc3)nc12. The van der Waals surface area contributed by atoms with E-state index < -0.39 is 0 Å². The van der Waals surface area contributed by atoms with Gasteiger partial charge in [0.2, 0.25) is 0 Å². The van der Waals surface area contributed by atoms with E-state index in [9.17, 15) is 9.59 Å². The number of fused-ring (bicyclic) bond motifs is 1. The quantitative estimate of drug-likeness (QED) is 0.405. The van der Waals surface area contributed by atoms with Gasteiger partial charge in [0.05, 0.1) is 11.8 Å². The third-order valence-electron chi connectivity index (χ3n) is 4.49. The highest BCUT2D eigenvalue weighted by Crippen LogP contribution is 2.35. The van der Waals surface area contributed by atoms with E-state index in [1.807, 2.05) is 36.4 Å². The molecule has 0 unspecified atom stereocenters. The number of thiazole rings is 1. The molecule has 0 fully saturated rings. The number of benzene rings is 3. The van der Waals surface area contributed by atoms with Crippen molar-refractivity contribution < 1.29 is 14.3 Å². The molecule has 1 heterocycles. The van der Waals surface area contributed by atoms with Gasteiger partial charge in [-0.1, -0.05) is 59.9 Å². The molecule has 8 heteroatoms. The molecule has 3 amide bonds. The standard InChI is InChI=1S/C23H20N4O3S/c1-30-18-12-17(25-22(29)24-14-15-8-4-2-5-9-15)13-19-20(18)26-23(31-19)27-21(28)16-10-6-3-7-11-16/h2-13H,14H2,1H3,(H2,24,25,29)(H,26,27,28). The lowest BCUT2D eigenvalue weighted by Gasteiger charge is -2.09. The minimum atomic E-state index is -0.327. The molecule has 0 saturated heterocycles. The lowest BCUT2D eigenvalue weighted by Crippen LogP contribution is -2.28. The molecular formula is C23H20N4O3S. The fourth-order valence-electron chi connectivity index (χ4n) is 2.99. The van der Waals surface area contributed by atoms with Crippen molar-refractivity contribution in [3.8, 4) is 5.75 Å². The number of hydrogen-bond donors (Lipinski definition) is 3. The average Bonchev–Trinajstić information content (AvgIpc) is 3.20. The van der Waals surface area contributed by atoms with E-state index in [2.05, 4.69) is 20.9 Å². The summed E-state index contributed by atoms with van der Waals surface area (Å²) in [5.41, 5.74) is 2.74. The molecule has 156 valence electrons. The first-order chi connectivity index (χ1) is 15.1. The summed E-state index contributed by atoms with van der Waals surface area (Å²) in [5, 5.41) is 8.90. The van der Waals surface area contributed by atoms with Crippen molar-refractivity contribution in [3.63, 3.8) is 0 Å². The molecule has 0 bridgehead atoms. The maximum absolute atomic E-state index is 12.4. The number of anilines is 2. The van der Waals surface area contributed by atoms with Gasteiger partial charge >= 0.3 is 6.03 Å².